The summed E-state index contributed by atoms with van der Waals surface area (Å²) in [6, 6.07) is 7.99. The van der Waals surface area contributed by atoms with Gasteiger partial charge in [-0.3, -0.25) is 4.79 Å². The Balaban J connectivity index is 2.71. The Morgan fingerprint density at radius 3 is 2.41 bits per heavy atom. The van der Waals surface area contributed by atoms with E-state index in [0.717, 1.165) is 16.6 Å². The number of rotatable bonds is 5. The molecule has 2 N–H and O–H groups in total. The van der Waals surface area contributed by atoms with Crippen LogP contribution in [0, 0.1) is 5.92 Å². The van der Waals surface area contributed by atoms with Crippen LogP contribution in [0.4, 0.5) is 0 Å². The van der Waals surface area contributed by atoms with Gasteiger partial charge in [-0.25, -0.2) is 0 Å². The van der Waals surface area contributed by atoms with Gasteiger partial charge in [0.1, 0.15) is 0 Å². The Bertz CT molecular complexity index is 362. The summed E-state index contributed by atoms with van der Waals surface area (Å²) in [6.45, 7) is 5.63. The van der Waals surface area contributed by atoms with Crippen molar-refractivity contribution in [2.45, 2.75) is 20.4 Å². The minimum atomic E-state index is 0.00150. The lowest BCUT2D eigenvalue weighted by atomic mass is 10.1. The summed E-state index contributed by atoms with van der Waals surface area (Å²) in [5, 5.41) is 0. The smallest absolute Gasteiger partial charge is 0.236 e. The Morgan fingerprint density at radius 2 is 1.94 bits per heavy atom. The first-order valence-electron chi connectivity index (χ1n) is 5.75. The Hall–Kier alpha value is -0.870. The maximum atomic E-state index is 11.7. The molecule has 0 aromatic heterocycles. The lowest BCUT2D eigenvalue weighted by Gasteiger charge is -2.24. The molecule has 0 fully saturated rings. The van der Waals surface area contributed by atoms with Gasteiger partial charge in [0.05, 0.1) is 6.54 Å². The van der Waals surface area contributed by atoms with Crippen molar-refractivity contribution in [2.75, 3.05) is 13.1 Å². The normalized spacial score (nSPS) is 10.6. The van der Waals surface area contributed by atoms with Crippen molar-refractivity contribution in [3.8, 4) is 0 Å². The van der Waals surface area contributed by atoms with Gasteiger partial charge in [0.15, 0.2) is 0 Å². The number of carbonyl (C=O) groups excluding carboxylic acids is 1. The minimum absolute atomic E-state index is 0.00150. The number of hydrogen-bond acceptors (Lipinski definition) is 2. The van der Waals surface area contributed by atoms with Crippen LogP contribution in [-0.2, 0) is 11.3 Å². The number of benzene rings is 1. The highest BCUT2D eigenvalue weighted by atomic mass is 79.9. The fraction of sp³-hybridized carbons (Fsp3) is 0.462. The Morgan fingerprint density at radius 1 is 1.35 bits per heavy atom. The number of halogens is 1. The molecule has 1 aromatic carbocycles. The number of hydrogen-bond donors (Lipinski definition) is 1. The van der Waals surface area contributed by atoms with Crippen molar-refractivity contribution in [3.63, 3.8) is 0 Å². The molecule has 0 saturated carbocycles. The molecule has 4 heteroatoms. The van der Waals surface area contributed by atoms with E-state index in [0.29, 0.717) is 12.5 Å². The van der Waals surface area contributed by atoms with Crippen molar-refractivity contribution in [1.29, 1.82) is 0 Å². The van der Waals surface area contributed by atoms with E-state index in [1.54, 1.807) is 0 Å². The van der Waals surface area contributed by atoms with Crippen LogP contribution in [0.2, 0.25) is 0 Å². The van der Waals surface area contributed by atoms with E-state index in [2.05, 4.69) is 29.8 Å². The van der Waals surface area contributed by atoms with Crippen molar-refractivity contribution in [3.05, 3.63) is 34.3 Å². The third kappa shape index (κ3) is 4.88. The van der Waals surface area contributed by atoms with Crippen LogP contribution >= 0.6 is 15.9 Å². The summed E-state index contributed by atoms with van der Waals surface area (Å²) in [4.78, 5) is 13.5. The third-order valence-electron chi connectivity index (χ3n) is 2.40. The van der Waals surface area contributed by atoms with Gasteiger partial charge in [-0.2, -0.15) is 0 Å². The average molecular weight is 299 g/mol. The highest BCUT2D eigenvalue weighted by Gasteiger charge is 2.13. The van der Waals surface area contributed by atoms with Gasteiger partial charge < -0.3 is 10.6 Å². The SMILES string of the molecule is CC(C)CN(Cc1ccc(Br)cc1)C(=O)CN. The van der Waals surface area contributed by atoms with Crippen molar-refractivity contribution in [1.82, 2.24) is 4.90 Å². The van der Waals surface area contributed by atoms with Gasteiger partial charge in [0, 0.05) is 17.6 Å². The topological polar surface area (TPSA) is 46.3 Å². The zero-order valence-electron chi connectivity index (χ0n) is 10.3. The molecule has 0 spiro atoms. The van der Waals surface area contributed by atoms with Crippen molar-refractivity contribution >= 4 is 21.8 Å². The second kappa shape index (κ2) is 6.77. The second-order valence-electron chi connectivity index (χ2n) is 4.50. The summed E-state index contributed by atoms with van der Waals surface area (Å²) >= 11 is 3.39. The number of amides is 1. The molecule has 0 radical (unpaired) electrons. The summed E-state index contributed by atoms with van der Waals surface area (Å²) in [5.41, 5.74) is 6.55. The van der Waals surface area contributed by atoms with Crippen LogP contribution in [0.3, 0.4) is 0 Å². The average Bonchev–Trinajstić information content (AvgIpc) is 2.29. The van der Waals surface area contributed by atoms with Gasteiger partial charge >= 0.3 is 0 Å². The molecule has 1 amide bonds. The van der Waals surface area contributed by atoms with Gasteiger partial charge in [-0.15, -0.1) is 0 Å². The first-order chi connectivity index (χ1) is 8.02. The summed E-state index contributed by atoms with van der Waals surface area (Å²) in [6.07, 6.45) is 0. The van der Waals surface area contributed by atoms with Crippen LogP contribution < -0.4 is 5.73 Å². The number of nitrogens with two attached hydrogens (primary N) is 1. The fourth-order valence-electron chi connectivity index (χ4n) is 1.63. The molecule has 0 bridgehead atoms. The maximum absolute atomic E-state index is 11.7. The lowest BCUT2D eigenvalue weighted by molar-refractivity contribution is -0.130. The standard InChI is InChI=1S/C13H19BrN2O/c1-10(2)8-16(13(17)7-15)9-11-3-5-12(14)6-4-11/h3-6,10H,7-9,15H2,1-2H3. The molecule has 1 rings (SSSR count). The van der Waals surface area contributed by atoms with E-state index in [1.807, 2.05) is 29.2 Å². The Kier molecular flexibility index (Phi) is 5.65. The molecular formula is C13H19BrN2O. The highest BCUT2D eigenvalue weighted by molar-refractivity contribution is 9.10. The predicted molar refractivity (Wildman–Crippen MR) is 73.5 cm³/mol. The number of carbonyl (C=O) groups is 1. The van der Waals surface area contributed by atoms with E-state index in [-0.39, 0.29) is 12.5 Å². The molecule has 0 heterocycles. The quantitative estimate of drug-likeness (QED) is 0.907. The third-order valence-corrected chi connectivity index (χ3v) is 2.93. The van der Waals surface area contributed by atoms with Crippen LogP contribution in [0.25, 0.3) is 0 Å². The van der Waals surface area contributed by atoms with Crippen LogP contribution in [0.15, 0.2) is 28.7 Å². The highest BCUT2D eigenvalue weighted by Crippen LogP contribution is 2.13. The largest absolute Gasteiger partial charge is 0.337 e. The monoisotopic (exact) mass is 298 g/mol. The zero-order valence-corrected chi connectivity index (χ0v) is 11.9. The zero-order chi connectivity index (χ0) is 12.8. The van der Waals surface area contributed by atoms with E-state index in [1.165, 1.54) is 0 Å². The summed E-state index contributed by atoms with van der Waals surface area (Å²) in [5.74, 6) is 0.447. The molecule has 0 saturated heterocycles. The van der Waals surface area contributed by atoms with Gasteiger partial charge in [-0.05, 0) is 23.6 Å². The molecule has 1 aromatic rings. The van der Waals surface area contributed by atoms with E-state index in [4.69, 9.17) is 5.73 Å². The molecular weight excluding hydrogens is 280 g/mol. The van der Waals surface area contributed by atoms with Crippen LogP contribution in [0.5, 0.6) is 0 Å². The summed E-state index contributed by atoms with van der Waals surface area (Å²) < 4.78 is 1.04. The van der Waals surface area contributed by atoms with Gasteiger partial charge in [0.2, 0.25) is 5.91 Å². The second-order valence-corrected chi connectivity index (χ2v) is 5.41. The lowest BCUT2D eigenvalue weighted by Crippen LogP contribution is -2.37. The maximum Gasteiger partial charge on any atom is 0.236 e. The summed E-state index contributed by atoms with van der Waals surface area (Å²) in [7, 11) is 0. The first kappa shape index (κ1) is 14.2. The molecule has 0 aliphatic rings. The van der Waals surface area contributed by atoms with Crippen molar-refractivity contribution in [2.24, 2.45) is 11.7 Å². The predicted octanol–water partition coefficient (Wildman–Crippen LogP) is 2.39. The van der Waals surface area contributed by atoms with Crippen LogP contribution in [0.1, 0.15) is 19.4 Å². The molecule has 3 nitrogen and oxygen atoms in total. The van der Waals surface area contributed by atoms with E-state index in [9.17, 15) is 4.79 Å². The van der Waals surface area contributed by atoms with Crippen molar-refractivity contribution < 1.29 is 4.79 Å². The van der Waals surface area contributed by atoms with E-state index >= 15 is 0 Å². The molecule has 17 heavy (non-hydrogen) atoms. The minimum Gasteiger partial charge on any atom is -0.337 e. The molecule has 0 unspecified atom stereocenters. The van der Waals surface area contributed by atoms with Gasteiger partial charge in [0.25, 0.3) is 0 Å². The molecule has 0 aliphatic carbocycles. The molecule has 94 valence electrons. The first-order valence-corrected chi connectivity index (χ1v) is 6.54. The van der Waals surface area contributed by atoms with E-state index < -0.39 is 0 Å². The number of nitrogens with zero attached hydrogens (tertiary/aromatic N) is 1. The molecule has 0 aliphatic heterocycles. The fourth-order valence-corrected chi connectivity index (χ4v) is 1.90. The van der Waals surface area contributed by atoms with Gasteiger partial charge in [-0.1, -0.05) is 41.9 Å². The van der Waals surface area contributed by atoms with Crippen LogP contribution in [-0.4, -0.2) is 23.9 Å². The Labute approximate surface area is 111 Å². The molecule has 0 atom stereocenters.